The fourth-order valence-corrected chi connectivity index (χ4v) is 1.63. The first kappa shape index (κ1) is 13.1. The molecule has 0 aliphatic carbocycles. The SMILES string of the molecule is N#Cc1cccc(OCc2nc(NN)ccc2Cl)c1. The number of aromatic nitrogens is 1. The van der Waals surface area contributed by atoms with Crippen LogP contribution in [0.3, 0.4) is 0 Å². The second-order valence-electron chi connectivity index (χ2n) is 3.70. The molecule has 2 aromatic rings. The Balaban J connectivity index is 2.12. The van der Waals surface area contributed by atoms with E-state index in [9.17, 15) is 0 Å². The Kier molecular flexibility index (Phi) is 4.18. The first-order valence-corrected chi connectivity index (χ1v) is 5.85. The van der Waals surface area contributed by atoms with E-state index in [0.29, 0.717) is 27.8 Å². The maximum absolute atomic E-state index is 8.80. The van der Waals surface area contributed by atoms with Gasteiger partial charge in [0.2, 0.25) is 0 Å². The van der Waals surface area contributed by atoms with E-state index in [1.54, 1.807) is 36.4 Å². The Morgan fingerprint density at radius 2 is 2.21 bits per heavy atom. The molecule has 0 bridgehead atoms. The van der Waals surface area contributed by atoms with Gasteiger partial charge in [-0.05, 0) is 30.3 Å². The van der Waals surface area contributed by atoms with Crippen LogP contribution in [0, 0.1) is 11.3 Å². The van der Waals surface area contributed by atoms with Gasteiger partial charge in [-0.1, -0.05) is 17.7 Å². The van der Waals surface area contributed by atoms with Crippen molar-refractivity contribution in [2.75, 3.05) is 5.43 Å². The predicted molar refractivity (Wildman–Crippen MR) is 72.5 cm³/mol. The minimum atomic E-state index is 0.198. The van der Waals surface area contributed by atoms with E-state index in [1.165, 1.54) is 0 Å². The number of hydrazine groups is 1. The van der Waals surface area contributed by atoms with Crippen molar-refractivity contribution in [3.63, 3.8) is 0 Å². The Labute approximate surface area is 115 Å². The number of rotatable bonds is 4. The van der Waals surface area contributed by atoms with E-state index >= 15 is 0 Å². The zero-order chi connectivity index (χ0) is 13.7. The highest BCUT2D eigenvalue weighted by molar-refractivity contribution is 6.31. The van der Waals surface area contributed by atoms with Crippen molar-refractivity contribution in [1.82, 2.24) is 4.98 Å². The zero-order valence-corrected chi connectivity index (χ0v) is 10.7. The molecule has 3 N–H and O–H groups in total. The number of pyridine rings is 1. The number of nitrogen functional groups attached to an aromatic ring is 1. The van der Waals surface area contributed by atoms with E-state index in [4.69, 9.17) is 27.4 Å². The van der Waals surface area contributed by atoms with E-state index < -0.39 is 0 Å². The first-order chi connectivity index (χ1) is 9.22. The second kappa shape index (κ2) is 6.05. The summed E-state index contributed by atoms with van der Waals surface area (Å²) in [5.41, 5.74) is 3.55. The lowest BCUT2D eigenvalue weighted by molar-refractivity contribution is 0.301. The number of hydrogen-bond acceptors (Lipinski definition) is 5. The average Bonchev–Trinajstić information content (AvgIpc) is 2.46. The summed E-state index contributed by atoms with van der Waals surface area (Å²) < 4.78 is 5.55. The van der Waals surface area contributed by atoms with Crippen LogP contribution in [0.4, 0.5) is 5.82 Å². The van der Waals surface area contributed by atoms with Gasteiger partial charge in [0.15, 0.2) is 0 Å². The van der Waals surface area contributed by atoms with Crippen LogP contribution in [0.2, 0.25) is 5.02 Å². The largest absolute Gasteiger partial charge is 0.487 e. The molecular weight excluding hydrogens is 264 g/mol. The third-order valence-corrected chi connectivity index (χ3v) is 2.75. The van der Waals surface area contributed by atoms with Crippen LogP contribution in [0.1, 0.15) is 11.3 Å². The molecule has 0 aliphatic heterocycles. The quantitative estimate of drug-likeness (QED) is 0.661. The third-order valence-electron chi connectivity index (χ3n) is 2.41. The van der Waals surface area contributed by atoms with E-state index in [0.717, 1.165) is 0 Å². The van der Waals surface area contributed by atoms with Gasteiger partial charge in [0.25, 0.3) is 0 Å². The summed E-state index contributed by atoms with van der Waals surface area (Å²) in [5.74, 6) is 6.38. The molecule has 1 aromatic carbocycles. The number of hydrogen-bond donors (Lipinski definition) is 2. The van der Waals surface area contributed by atoms with Gasteiger partial charge in [0.1, 0.15) is 18.2 Å². The van der Waals surface area contributed by atoms with Crippen molar-refractivity contribution >= 4 is 17.4 Å². The summed E-state index contributed by atoms with van der Waals surface area (Å²) in [6.07, 6.45) is 0. The fraction of sp³-hybridized carbons (Fsp3) is 0.0769. The third kappa shape index (κ3) is 3.35. The molecule has 0 radical (unpaired) electrons. The van der Waals surface area contributed by atoms with E-state index in [1.807, 2.05) is 6.07 Å². The van der Waals surface area contributed by atoms with Crippen molar-refractivity contribution in [3.05, 3.63) is 52.7 Å². The number of benzene rings is 1. The van der Waals surface area contributed by atoms with Gasteiger partial charge in [-0.15, -0.1) is 0 Å². The Morgan fingerprint density at radius 3 is 2.95 bits per heavy atom. The fourth-order valence-electron chi connectivity index (χ4n) is 1.47. The molecular formula is C13H11ClN4O. The summed E-state index contributed by atoms with van der Waals surface area (Å²) in [5, 5.41) is 9.29. The molecule has 0 fully saturated rings. The topological polar surface area (TPSA) is 84.0 Å². The second-order valence-corrected chi connectivity index (χ2v) is 4.10. The Morgan fingerprint density at radius 1 is 1.37 bits per heavy atom. The van der Waals surface area contributed by atoms with Crippen molar-refractivity contribution in [3.8, 4) is 11.8 Å². The van der Waals surface area contributed by atoms with Crippen molar-refractivity contribution < 1.29 is 4.74 Å². The summed E-state index contributed by atoms with van der Waals surface area (Å²) in [6, 6.07) is 12.3. The Bertz CT molecular complexity index is 624. The van der Waals surface area contributed by atoms with Gasteiger partial charge in [-0.3, -0.25) is 0 Å². The minimum absolute atomic E-state index is 0.198. The molecule has 19 heavy (non-hydrogen) atoms. The summed E-state index contributed by atoms with van der Waals surface area (Å²) in [6.45, 7) is 0.198. The van der Waals surface area contributed by atoms with Gasteiger partial charge >= 0.3 is 0 Å². The van der Waals surface area contributed by atoms with Crippen molar-refractivity contribution in [2.24, 2.45) is 5.84 Å². The highest BCUT2D eigenvalue weighted by Gasteiger charge is 2.05. The highest BCUT2D eigenvalue weighted by Crippen LogP contribution is 2.19. The van der Waals surface area contributed by atoms with Crippen LogP contribution in [0.25, 0.3) is 0 Å². The molecule has 1 heterocycles. The zero-order valence-electron chi connectivity index (χ0n) is 9.93. The van der Waals surface area contributed by atoms with Gasteiger partial charge in [0.05, 0.1) is 22.3 Å². The van der Waals surface area contributed by atoms with Crippen LogP contribution in [0.15, 0.2) is 36.4 Å². The van der Waals surface area contributed by atoms with Crippen LogP contribution in [0.5, 0.6) is 5.75 Å². The number of halogens is 1. The number of ether oxygens (including phenoxy) is 1. The van der Waals surface area contributed by atoms with Gasteiger partial charge < -0.3 is 10.2 Å². The van der Waals surface area contributed by atoms with Crippen LogP contribution >= 0.6 is 11.6 Å². The molecule has 0 spiro atoms. The van der Waals surface area contributed by atoms with Crippen molar-refractivity contribution in [1.29, 1.82) is 5.26 Å². The molecule has 0 unspecified atom stereocenters. The lowest BCUT2D eigenvalue weighted by atomic mass is 10.2. The van der Waals surface area contributed by atoms with Crippen molar-refractivity contribution in [2.45, 2.75) is 6.61 Å². The highest BCUT2D eigenvalue weighted by atomic mass is 35.5. The molecule has 0 atom stereocenters. The average molecular weight is 275 g/mol. The van der Waals surface area contributed by atoms with Crippen LogP contribution < -0.4 is 16.0 Å². The van der Waals surface area contributed by atoms with E-state index in [-0.39, 0.29) is 6.61 Å². The molecule has 0 saturated heterocycles. The lowest BCUT2D eigenvalue weighted by Gasteiger charge is -2.08. The lowest BCUT2D eigenvalue weighted by Crippen LogP contribution is -2.10. The predicted octanol–water partition coefficient (Wildman–Crippen LogP) is 2.47. The maximum Gasteiger partial charge on any atom is 0.140 e. The normalized spacial score (nSPS) is 9.74. The molecule has 2 rings (SSSR count). The number of nitrogens with zero attached hydrogens (tertiary/aromatic N) is 2. The standard InChI is InChI=1S/C13H11ClN4O/c14-11-4-5-13(18-16)17-12(11)8-19-10-3-1-2-9(6-10)7-15/h1-6H,8,16H2,(H,17,18). The number of anilines is 1. The van der Waals surface area contributed by atoms with E-state index in [2.05, 4.69) is 10.4 Å². The number of nitriles is 1. The molecule has 1 aromatic heterocycles. The Hall–Kier alpha value is -2.29. The summed E-state index contributed by atoms with van der Waals surface area (Å²) in [7, 11) is 0. The first-order valence-electron chi connectivity index (χ1n) is 5.48. The number of nitrogens with one attached hydrogen (secondary N) is 1. The molecule has 5 nitrogen and oxygen atoms in total. The van der Waals surface area contributed by atoms with Gasteiger partial charge in [0, 0.05) is 0 Å². The molecule has 6 heteroatoms. The van der Waals surface area contributed by atoms with Gasteiger partial charge in [-0.2, -0.15) is 5.26 Å². The van der Waals surface area contributed by atoms with Crippen LogP contribution in [-0.4, -0.2) is 4.98 Å². The summed E-state index contributed by atoms with van der Waals surface area (Å²) in [4.78, 5) is 4.19. The monoisotopic (exact) mass is 274 g/mol. The van der Waals surface area contributed by atoms with Crippen LogP contribution in [-0.2, 0) is 6.61 Å². The van der Waals surface area contributed by atoms with Gasteiger partial charge in [-0.25, -0.2) is 10.8 Å². The number of nitrogens with two attached hydrogens (primary N) is 1. The molecule has 96 valence electrons. The molecule has 0 amide bonds. The smallest absolute Gasteiger partial charge is 0.140 e. The molecule has 0 saturated carbocycles. The minimum Gasteiger partial charge on any atom is -0.487 e. The summed E-state index contributed by atoms with van der Waals surface area (Å²) >= 11 is 6.01. The molecule has 0 aliphatic rings. The maximum atomic E-state index is 8.80.